The van der Waals surface area contributed by atoms with E-state index in [-0.39, 0.29) is 12.5 Å². The zero-order valence-corrected chi connectivity index (χ0v) is 9.22. The fourth-order valence-corrected chi connectivity index (χ4v) is 1.99. The number of hydrogen-bond donors (Lipinski definition) is 2. The largest absolute Gasteiger partial charge is 0.389 e. The van der Waals surface area contributed by atoms with Crippen LogP contribution in [0.25, 0.3) is 0 Å². The smallest absolute Gasteiger partial charge is 0.381 e. The molecule has 0 aromatic carbocycles. The third-order valence-electron chi connectivity index (χ3n) is 2.89. The molecule has 3 nitrogen and oxygen atoms in total. The second kappa shape index (κ2) is 6.42. The van der Waals surface area contributed by atoms with Gasteiger partial charge >= 0.3 is 6.18 Å². The summed E-state index contributed by atoms with van der Waals surface area (Å²) in [4.78, 5) is 0. The molecule has 0 spiro atoms. The normalized spacial score (nSPS) is 23.6. The van der Waals surface area contributed by atoms with E-state index in [0.717, 1.165) is 19.4 Å². The fraction of sp³-hybridized carbons (Fsp3) is 1.00. The quantitative estimate of drug-likeness (QED) is 0.551. The van der Waals surface area contributed by atoms with Gasteiger partial charge in [0.05, 0.1) is 0 Å². The monoisotopic (exact) mass is 240 g/mol. The molecule has 1 aliphatic heterocycles. The van der Waals surface area contributed by atoms with Crippen LogP contribution in [0.2, 0.25) is 0 Å². The standard InChI is InChI=1S/C10H19F3N2O/c11-10(12,13)4-1-2-9(15-14)6-8-3-5-16-7-8/h8-9,15H,1-7,14H2. The summed E-state index contributed by atoms with van der Waals surface area (Å²) >= 11 is 0. The molecule has 1 fully saturated rings. The molecule has 16 heavy (non-hydrogen) atoms. The molecular formula is C10H19F3N2O. The maximum Gasteiger partial charge on any atom is 0.389 e. The predicted molar refractivity (Wildman–Crippen MR) is 54.6 cm³/mol. The van der Waals surface area contributed by atoms with Gasteiger partial charge in [-0.25, -0.2) is 0 Å². The molecule has 96 valence electrons. The summed E-state index contributed by atoms with van der Waals surface area (Å²) in [7, 11) is 0. The van der Waals surface area contributed by atoms with E-state index in [2.05, 4.69) is 5.43 Å². The summed E-state index contributed by atoms with van der Waals surface area (Å²) in [5.74, 6) is 5.77. The second-order valence-electron chi connectivity index (χ2n) is 4.34. The highest BCUT2D eigenvalue weighted by atomic mass is 19.4. The van der Waals surface area contributed by atoms with Crippen LogP contribution in [0.4, 0.5) is 13.2 Å². The average Bonchev–Trinajstić information content (AvgIpc) is 2.67. The van der Waals surface area contributed by atoms with Gasteiger partial charge in [0.25, 0.3) is 0 Å². The third kappa shape index (κ3) is 5.67. The molecule has 0 bridgehead atoms. The van der Waals surface area contributed by atoms with Crippen molar-refractivity contribution in [3.8, 4) is 0 Å². The van der Waals surface area contributed by atoms with Gasteiger partial charge in [-0.3, -0.25) is 11.3 Å². The highest BCUT2D eigenvalue weighted by molar-refractivity contribution is 4.73. The number of nitrogens with two attached hydrogens (primary N) is 1. The van der Waals surface area contributed by atoms with Crippen LogP contribution in [0.3, 0.4) is 0 Å². The Hall–Kier alpha value is -0.330. The highest BCUT2D eigenvalue weighted by Crippen LogP contribution is 2.24. The summed E-state index contributed by atoms with van der Waals surface area (Å²) in [5.41, 5.74) is 2.59. The van der Waals surface area contributed by atoms with Gasteiger partial charge in [-0.15, -0.1) is 0 Å². The van der Waals surface area contributed by atoms with E-state index in [1.54, 1.807) is 0 Å². The molecule has 2 atom stereocenters. The van der Waals surface area contributed by atoms with Gasteiger partial charge in [0, 0.05) is 25.7 Å². The lowest BCUT2D eigenvalue weighted by Gasteiger charge is -2.19. The molecule has 1 heterocycles. The molecule has 0 radical (unpaired) electrons. The molecule has 3 N–H and O–H groups in total. The Balaban J connectivity index is 2.15. The van der Waals surface area contributed by atoms with E-state index in [1.165, 1.54) is 0 Å². The molecule has 6 heteroatoms. The Kier molecular flexibility index (Phi) is 5.51. The van der Waals surface area contributed by atoms with Crippen LogP contribution in [-0.2, 0) is 4.74 Å². The van der Waals surface area contributed by atoms with Crippen molar-refractivity contribution in [1.82, 2.24) is 5.43 Å². The number of nitrogens with one attached hydrogen (secondary N) is 1. The van der Waals surface area contributed by atoms with Crippen molar-refractivity contribution < 1.29 is 17.9 Å². The summed E-state index contributed by atoms with van der Waals surface area (Å²) in [6.07, 6.45) is -2.41. The SMILES string of the molecule is NNC(CCCC(F)(F)F)CC1CCOC1. The van der Waals surface area contributed by atoms with Crippen molar-refractivity contribution in [2.24, 2.45) is 11.8 Å². The number of hydrazine groups is 1. The van der Waals surface area contributed by atoms with Crippen LogP contribution in [0.5, 0.6) is 0 Å². The van der Waals surface area contributed by atoms with E-state index in [4.69, 9.17) is 10.6 Å². The third-order valence-corrected chi connectivity index (χ3v) is 2.89. The minimum atomic E-state index is -4.06. The number of ether oxygens (including phenoxy) is 1. The molecule has 2 unspecified atom stereocenters. The van der Waals surface area contributed by atoms with Crippen molar-refractivity contribution in [3.63, 3.8) is 0 Å². The van der Waals surface area contributed by atoms with E-state index in [1.807, 2.05) is 0 Å². The lowest BCUT2D eigenvalue weighted by molar-refractivity contribution is -0.135. The number of alkyl halides is 3. The van der Waals surface area contributed by atoms with Crippen molar-refractivity contribution >= 4 is 0 Å². The minimum absolute atomic E-state index is 0.0333. The summed E-state index contributed by atoms with van der Waals surface area (Å²) in [5, 5.41) is 0. The molecule has 1 rings (SSSR count). The Labute approximate surface area is 93.5 Å². The predicted octanol–water partition coefficient (Wildman–Crippen LogP) is 1.98. The van der Waals surface area contributed by atoms with E-state index < -0.39 is 12.6 Å². The van der Waals surface area contributed by atoms with Crippen molar-refractivity contribution in [3.05, 3.63) is 0 Å². The molecule has 0 aliphatic carbocycles. The van der Waals surface area contributed by atoms with Gasteiger partial charge in [-0.2, -0.15) is 13.2 Å². The van der Waals surface area contributed by atoms with Gasteiger partial charge in [-0.05, 0) is 31.6 Å². The highest BCUT2D eigenvalue weighted by Gasteiger charge is 2.27. The maximum absolute atomic E-state index is 11.9. The first kappa shape index (κ1) is 13.7. The molecule has 1 aliphatic rings. The lowest BCUT2D eigenvalue weighted by Crippen LogP contribution is -2.37. The van der Waals surface area contributed by atoms with Gasteiger partial charge in [0.2, 0.25) is 0 Å². The average molecular weight is 240 g/mol. The number of hydrogen-bond acceptors (Lipinski definition) is 3. The van der Waals surface area contributed by atoms with Crippen LogP contribution in [0.1, 0.15) is 32.1 Å². The molecule has 1 saturated heterocycles. The van der Waals surface area contributed by atoms with Gasteiger partial charge in [-0.1, -0.05) is 0 Å². The second-order valence-corrected chi connectivity index (χ2v) is 4.34. The van der Waals surface area contributed by atoms with Crippen molar-refractivity contribution in [2.45, 2.75) is 44.3 Å². The minimum Gasteiger partial charge on any atom is -0.381 e. The van der Waals surface area contributed by atoms with Crippen LogP contribution >= 0.6 is 0 Å². The zero-order chi connectivity index (χ0) is 12.0. The molecule has 0 amide bonds. The molecule has 0 saturated carbocycles. The topological polar surface area (TPSA) is 47.3 Å². The van der Waals surface area contributed by atoms with E-state index in [9.17, 15) is 13.2 Å². The summed E-state index contributed by atoms with van der Waals surface area (Å²) in [6.45, 7) is 1.46. The Morgan fingerprint density at radius 2 is 2.19 bits per heavy atom. The number of halogens is 3. The molecule has 0 aromatic heterocycles. The van der Waals surface area contributed by atoms with Crippen LogP contribution in [-0.4, -0.2) is 25.4 Å². The molecule has 0 aromatic rings. The van der Waals surface area contributed by atoms with Crippen LogP contribution in [0, 0.1) is 5.92 Å². The first-order chi connectivity index (χ1) is 7.51. The Morgan fingerprint density at radius 1 is 1.44 bits per heavy atom. The first-order valence-corrected chi connectivity index (χ1v) is 5.62. The van der Waals surface area contributed by atoms with Gasteiger partial charge < -0.3 is 4.74 Å². The van der Waals surface area contributed by atoms with Gasteiger partial charge in [0.15, 0.2) is 0 Å². The summed E-state index contributed by atoms with van der Waals surface area (Å²) < 4.78 is 41.0. The number of rotatable bonds is 6. The van der Waals surface area contributed by atoms with E-state index in [0.29, 0.717) is 18.9 Å². The Bertz CT molecular complexity index is 193. The van der Waals surface area contributed by atoms with Gasteiger partial charge in [0.1, 0.15) is 0 Å². The summed E-state index contributed by atoms with van der Waals surface area (Å²) in [6, 6.07) is -0.0333. The molecular weight excluding hydrogens is 221 g/mol. The first-order valence-electron chi connectivity index (χ1n) is 5.62. The zero-order valence-electron chi connectivity index (χ0n) is 9.22. The van der Waals surface area contributed by atoms with Crippen molar-refractivity contribution in [1.29, 1.82) is 0 Å². The van der Waals surface area contributed by atoms with Crippen LogP contribution < -0.4 is 11.3 Å². The van der Waals surface area contributed by atoms with Crippen molar-refractivity contribution in [2.75, 3.05) is 13.2 Å². The maximum atomic E-state index is 11.9. The fourth-order valence-electron chi connectivity index (χ4n) is 1.99. The van der Waals surface area contributed by atoms with E-state index >= 15 is 0 Å². The Morgan fingerprint density at radius 3 is 2.69 bits per heavy atom. The lowest BCUT2D eigenvalue weighted by atomic mass is 9.96. The van der Waals surface area contributed by atoms with Crippen LogP contribution in [0.15, 0.2) is 0 Å².